The molecule has 1 aliphatic carbocycles. The van der Waals surface area contributed by atoms with Crippen molar-refractivity contribution in [3.63, 3.8) is 0 Å². The number of tetrazole rings is 1. The number of rotatable bonds is 2. The SMILES string of the molecule is CC1(C)C(=O)CC1c1cccc(-n2cnnn2)c1. The molecule has 0 aliphatic heterocycles. The van der Waals surface area contributed by atoms with Crippen molar-refractivity contribution in [3.05, 3.63) is 36.2 Å². The number of hydrogen-bond donors (Lipinski definition) is 0. The summed E-state index contributed by atoms with van der Waals surface area (Å²) in [6.07, 6.45) is 2.20. The zero-order valence-corrected chi connectivity index (χ0v) is 10.4. The Kier molecular flexibility index (Phi) is 2.29. The van der Waals surface area contributed by atoms with E-state index in [4.69, 9.17) is 0 Å². The Balaban J connectivity index is 1.96. The number of carbonyl (C=O) groups is 1. The van der Waals surface area contributed by atoms with Gasteiger partial charge in [0.05, 0.1) is 5.69 Å². The van der Waals surface area contributed by atoms with Gasteiger partial charge >= 0.3 is 0 Å². The summed E-state index contributed by atoms with van der Waals surface area (Å²) in [6.45, 7) is 4.01. The molecule has 1 aromatic heterocycles. The van der Waals surface area contributed by atoms with Crippen LogP contribution in [0.1, 0.15) is 31.7 Å². The molecule has 1 unspecified atom stereocenters. The summed E-state index contributed by atoms with van der Waals surface area (Å²) in [5, 5.41) is 11.1. The molecule has 1 fully saturated rings. The van der Waals surface area contributed by atoms with E-state index in [2.05, 4.69) is 27.7 Å². The molecule has 0 radical (unpaired) electrons. The van der Waals surface area contributed by atoms with Crippen LogP contribution in [0.2, 0.25) is 0 Å². The van der Waals surface area contributed by atoms with Crippen LogP contribution >= 0.6 is 0 Å². The predicted octanol–water partition coefficient (Wildman–Crippen LogP) is 1.74. The molecule has 0 bridgehead atoms. The maximum absolute atomic E-state index is 11.6. The van der Waals surface area contributed by atoms with Crippen molar-refractivity contribution in [3.8, 4) is 5.69 Å². The summed E-state index contributed by atoms with van der Waals surface area (Å²) >= 11 is 0. The topological polar surface area (TPSA) is 60.7 Å². The first-order valence-corrected chi connectivity index (χ1v) is 5.95. The molecular weight excluding hydrogens is 228 g/mol. The van der Waals surface area contributed by atoms with E-state index in [1.807, 2.05) is 26.0 Å². The highest BCUT2D eigenvalue weighted by Gasteiger charge is 2.47. The minimum absolute atomic E-state index is 0.251. The number of nitrogens with zero attached hydrogens (tertiary/aromatic N) is 4. The number of aromatic nitrogens is 4. The van der Waals surface area contributed by atoms with Crippen molar-refractivity contribution in [2.75, 3.05) is 0 Å². The maximum Gasteiger partial charge on any atom is 0.143 e. The molecule has 0 spiro atoms. The zero-order chi connectivity index (χ0) is 12.8. The van der Waals surface area contributed by atoms with E-state index in [-0.39, 0.29) is 5.41 Å². The van der Waals surface area contributed by atoms with Crippen LogP contribution in [0.5, 0.6) is 0 Å². The van der Waals surface area contributed by atoms with E-state index in [0.29, 0.717) is 18.1 Å². The Morgan fingerprint density at radius 3 is 2.83 bits per heavy atom. The van der Waals surface area contributed by atoms with Gasteiger partial charge in [0.2, 0.25) is 0 Å². The van der Waals surface area contributed by atoms with Gasteiger partial charge in [0.1, 0.15) is 12.1 Å². The van der Waals surface area contributed by atoms with Gasteiger partial charge in [-0.05, 0) is 28.1 Å². The van der Waals surface area contributed by atoms with Crippen LogP contribution in [0.4, 0.5) is 0 Å². The fraction of sp³-hybridized carbons (Fsp3) is 0.385. The molecule has 1 saturated carbocycles. The number of benzene rings is 1. The summed E-state index contributed by atoms with van der Waals surface area (Å²) in [6, 6.07) is 8.04. The minimum Gasteiger partial charge on any atom is -0.299 e. The first-order chi connectivity index (χ1) is 8.59. The molecule has 0 saturated heterocycles. The fourth-order valence-electron chi connectivity index (χ4n) is 2.46. The van der Waals surface area contributed by atoms with Gasteiger partial charge in [0, 0.05) is 17.8 Å². The van der Waals surface area contributed by atoms with Gasteiger partial charge in [0.15, 0.2) is 0 Å². The lowest BCUT2D eigenvalue weighted by molar-refractivity contribution is -0.137. The Bertz CT molecular complexity index is 589. The Hall–Kier alpha value is -2.04. The standard InChI is InChI=1S/C13H14N4O/c1-13(2)11(7-12(13)18)9-4-3-5-10(6-9)17-8-14-15-16-17/h3-6,8,11H,7H2,1-2H3. The van der Waals surface area contributed by atoms with E-state index in [1.54, 1.807) is 11.0 Å². The van der Waals surface area contributed by atoms with Crippen molar-refractivity contribution in [2.24, 2.45) is 5.41 Å². The van der Waals surface area contributed by atoms with Gasteiger partial charge < -0.3 is 0 Å². The number of Topliss-reactive ketones (excluding diaryl/α,β-unsaturated/α-hetero) is 1. The van der Waals surface area contributed by atoms with E-state index in [9.17, 15) is 4.79 Å². The highest BCUT2D eigenvalue weighted by atomic mass is 16.1. The van der Waals surface area contributed by atoms with E-state index < -0.39 is 0 Å². The third-order valence-electron chi connectivity index (χ3n) is 3.87. The van der Waals surface area contributed by atoms with Gasteiger partial charge in [-0.3, -0.25) is 4.79 Å². The van der Waals surface area contributed by atoms with E-state index >= 15 is 0 Å². The highest BCUT2D eigenvalue weighted by Crippen LogP contribution is 2.49. The lowest BCUT2D eigenvalue weighted by Gasteiger charge is -2.43. The van der Waals surface area contributed by atoms with Crippen LogP contribution < -0.4 is 0 Å². The summed E-state index contributed by atoms with van der Waals surface area (Å²) in [5.41, 5.74) is 1.85. The Morgan fingerprint density at radius 2 is 2.22 bits per heavy atom. The average Bonchev–Trinajstić information content (AvgIpc) is 2.90. The minimum atomic E-state index is -0.251. The number of ketones is 1. The van der Waals surface area contributed by atoms with Crippen LogP contribution in [0, 0.1) is 5.41 Å². The zero-order valence-electron chi connectivity index (χ0n) is 10.4. The van der Waals surface area contributed by atoms with E-state index in [1.165, 1.54) is 5.56 Å². The summed E-state index contributed by atoms with van der Waals surface area (Å²) in [7, 11) is 0. The molecule has 92 valence electrons. The first kappa shape index (κ1) is 11.1. The normalized spacial score (nSPS) is 21.7. The molecule has 1 aromatic carbocycles. The predicted molar refractivity (Wildman–Crippen MR) is 65.3 cm³/mol. The summed E-state index contributed by atoms with van der Waals surface area (Å²) in [5.74, 6) is 0.627. The first-order valence-electron chi connectivity index (χ1n) is 5.95. The molecule has 0 amide bonds. The summed E-state index contributed by atoms with van der Waals surface area (Å²) in [4.78, 5) is 11.6. The smallest absolute Gasteiger partial charge is 0.143 e. The van der Waals surface area contributed by atoms with Gasteiger partial charge in [-0.25, -0.2) is 4.68 Å². The van der Waals surface area contributed by atoms with Crippen LogP contribution in [0.25, 0.3) is 5.69 Å². The quantitative estimate of drug-likeness (QED) is 0.804. The molecule has 5 nitrogen and oxygen atoms in total. The maximum atomic E-state index is 11.6. The van der Waals surface area contributed by atoms with Crippen LogP contribution in [-0.4, -0.2) is 26.0 Å². The van der Waals surface area contributed by atoms with Crippen molar-refractivity contribution in [2.45, 2.75) is 26.2 Å². The Labute approximate surface area is 105 Å². The molecule has 3 rings (SSSR count). The van der Waals surface area contributed by atoms with Gasteiger partial charge in [-0.2, -0.15) is 0 Å². The number of hydrogen-bond acceptors (Lipinski definition) is 4. The second-order valence-electron chi connectivity index (χ2n) is 5.25. The molecule has 18 heavy (non-hydrogen) atoms. The molecule has 1 atom stereocenters. The second kappa shape index (κ2) is 3.73. The highest BCUT2D eigenvalue weighted by molar-refractivity contribution is 5.92. The van der Waals surface area contributed by atoms with Gasteiger partial charge in [-0.1, -0.05) is 26.0 Å². The van der Waals surface area contributed by atoms with Gasteiger partial charge in [-0.15, -0.1) is 5.10 Å². The monoisotopic (exact) mass is 242 g/mol. The number of carbonyl (C=O) groups excluding carboxylic acids is 1. The average molecular weight is 242 g/mol. The van der Waals surface area contributed by atoms with Crippen molar-refractivity contribution in [1.29, 1.82) is 0 Å². The summed E-state index contributed by atoms with van der Waals surface area (Å²) < 4.78 is 1.62. The molecule has 1 heterocycles. The van der Waals surface area contributed by atoms with Crippen molar-refractivity contribution in [1.82, 2.24) is 20.2 Å². The molecule has 5 heteroatoms. The Morgan fingerprint density at radius 1 is 1.39 bits per heavy atom. The third kappa shape index (κ3) is 1.54. The lowest BCUT2D eigenvalue weighted by atomic mass is 9.59. The molecule has 1 aliphatic rings. The third-order valence-corrected chi connectivity index (χ3v) is 3.87. The fourth-order valence-corrected chi connectivity index (χ4v) is 2.46. The molecule has 2 aromatic rings. The largest absolute Gasteiger partial charge is 0.299 e. The van der Waals surface area contributed by atoms with E-state index in [0.717, 1.165) is 5.69 Å². The van der Waals surface area contributed by atoms with Crippen molar-refractivity contribution >= 4 is 5.78 Å². The van der Waals surface area contributed by atoms with Gasteiger partial charge in [0.25, 0.3) is 0 Å². The lowest BCUT2D eigenvalue weighted by Crippen LogP contribution is -2.43. The van der Waals surface area contributed by atoms with Crippen LogP contribution in [-0.2, 0) is 4.79 Å². The van der Waals surface area contributed by atoms with Crippen LogP contribution in [0.15, 0.2) is 30.6 Å². The second-order valence-corrected chi connectivity index (χ2v) is 5.25. The van der Waals surface area contributed by atoms with Crippen molar-refractivity contribution < 1.29 is 4.79 Å². The molecular formula is C13H14N4O. The van der Waals surface area contributed by atoms with Crippen LogP contribution in [0.3, 0.4) is 0 Å². The molecule has 0 N–H and O–H groups in total.